The number of hydrogen-bond acceptors (Lipinski definition) is 4. The maximum absolute atomic E-state index is 12.0. The zero-order valence-corrected chi connectivity index (χ0v) is 12.9. The third-order valence-electron chi connectivity index (χ3n) is 2.74. The highest BCUT2D eigenvalue weighted by Gasteiger charge is 2.15. The van der Waals surface area contributed by atoms with E-state index in [2.05, 4.69) is 29.5 Å². The van der Waals surface area contributed by atoms with E-state index in [0.717, 1.165) is 19.5 Å². The van der Waals surface area contributed by atoms with E-state index >= 15 is 0 Å². The van der Waals surface area contributed by atoms with Crippen LogP contribution in [-0.2, 0) is 6.54 Å². The lowest BCUT2D eigenvalue weighted by Crippen LogP contribution is -2.33. The van der Waals surface area contributed by atoms with Gasteiger partial charge >= 0.3 is 0 Å². The summed E-state index contributed by atoms with van der Waals surface area (Å²) in [5.41, 5.74) is 0.414. The number of carbonyl (C=O) groups is 1. The molecule has 6 nitrogen and oxygen atoms in total. The lowest BCUT2D eigenvalue weighted by atomic mass is 10.1. The van der Waals surface area contributed by atoms with E-state index in [4.69, 9.17) is 0 Å². The van der Waals surface area contributed by atoms with Gasteiger partial charge in [0.2, 0.25) is 0 Å². The van der Waals surface area contributed by atoms with Crippen molar-refractivity contribution in [2.75, 3.05) is 27.2 Å². The van der Waals surface area contributed by atoms with E-state index in [-0.39, 0.29) is 18.3 Å². The summed E-state index contributed by atoms with van der Waals surface area (Å²) in [7, 11) is 3.63. The molecule has 1 heterocycles. The Bertz CT molecular complexity index is 380. The normalized spacial score (nSPS) is 10.4. The summed E-state index contributed by atoms with van der Waals surface area (Å²) in [6, 6.07) is 0. The number of aromatic nitrogens is 3. The number of rotatable bonds is 7. The molecule has 0 fully saturated rings. The van der Waals surface area contributed by atoms with Crippen molar-refractivity contribution in [3.63, 3.8) is 0 Å². The standard InChI is InChI=1S/C12H23N5O.ClH/c1-10(2)5-7-17-9-11(14-15-17)12(18)16(4)8-6-13-3;/h9-10,13H,5-8H2,1-4H3;1H. The van der Waals surface area contributed by atoms with Gasteiger partial charge < -0.3 is 10.2 Å². The Morgan fingerprint density at radius 2 is 2.21 bits per heavy atom. The molecule has 0 saturated heterocycles. The molecule has 7 heteroatoms. The van der Waals surface area contributed by atoms with Crippen molar-refractivity contribution in [2.24, 2.45) is 5.92 Å². The van der Waals surface area contributed by atoms with Crippen molar-refractivity contribution in [1.82, 2.24) is 25.2 Å². The molecule has 0 radical (unpaired) electrons. The number of nitrogens with zero attached hydrogens (tertiary/aromatic N) is 4. The molecule has 1 rings (SSSR count). The molecule has 0 atom stereocenters. The van der Waals surface area contributed by atoms with Gasteiger partial charge in [-0.1, -0.05) is 19.1 Å². The molecule has 1 aromatic rings. The minimum atomic E-state index is -0.0824. The van der Waals surface area contributed by atoms with Gasteiger partial charge in [0.25, 0.3) is 5.91 Å². The quantitative estimate of drug-likeness (QED) is 0.815. The van der Waals surface area contributed by atoms with Gasteiger partial charge in [-0.2, -0.15) is 0 Å². The number of nitrogens with one attached hydrogen (secondary N) is 1. The lowest BCUT2D eigenvalue weighted by Gasteiger charge is -2.14. The van der Waals surface area contributed by atoms with E-state index in [1.165, 1.54) is 0 Å². The molecule has 1 amide bonds. The van der Waals surface area contributed by atoms with Crippen LogP contribution >= 0.6 is 12.4 Å². The van der Waals surface area contributed by atoms with Gasteiger partial charge in [0.15, 0.2) is 5.69 Å². The fourth-order valence-electron chi connectivity index (χ4n) is 1.47. The number of halogens is 1. The van der Waals surface area contributed by atoms with Crippen molar-refractivity contribution in [1.29, 1.82) is 0 Å². The van der Waals surface area contributed by atoms with Crippen LogP contribution in [0.4, 0.5) is 0 Å². The second-order valence-corrected chi connectivity index (χ2v) is 4.88. The molecular weight excluding hydrogens is 266 g/mol. The van der Waals surface area contributed by atoms with E-state index < -0.39 is 0 Å². The van der Waals surface area contributed by atoms with E-state index in [9.17, 15) is 4.79 Å². The van der Waals surface area contributed by atoms with Crippen LogP contribution in [0.25, 0.3) is 0 Å². The molecule has 0 bridgehead atoms. The zero-order valence-electron chi connectivity index (χ0n) is 12.1. The topological polar surface area (TPSA) is 63.1 Å². The summed E-state index contributed by atoms with van der Waals surface area (Å²) < 4.78 is 1.74. The molecule has 110 valence electrons. The minimum absolute atomic E-state index is 0. The van der Waals surface area contributed by atoms with E-state index in [1.807, 2.05) is 7.05 Å². The molecule has 0 aliphatic rings. The number of aryl methyl sites for hydroxylation is 1. The summed E-state index contributed by atoms with van der Waals surface area (Å²) in [6.45, 7) is 6.55. The van der Waals surface area contributed by atoms with Crippen molar-refractivity contribution in [3.8, 4) is 0 Å². The Morgan fingerprint density at radius 1 is 1.53 bits per heavy atom. The Balaban J connectivity index is 0.00000324. The predicted octanol–water partition coefficient (Wildman–Crippen LogP) is 1.04. The lowest BCUT2D eigenvalue weighted by molar-refractivity contribution is 0.0791. The van der Waals surface area contributed by atoms with Gasteiger partial charge in [-0.25, -0.2) is 0 Å². The molecule has 0 unspecified atom stereocenters. The average molecular weight is 290 g/mol. The van der Waals surface area contributed by atoms with Crippen molar-refractivity contribution in [2.45, 2.75) is 26.8 Å². The second kappa shape index (κ2) is 8.87. The largest absolute Gasteiger partial charge is 0.339 e. The highest BCUT2D eigenvalue weighted by molar-refractivity contribution is 5.91. The van der Waals surface area contributed by atoms with Gasteiger partial charge in [-0.05, 0) is 19.4 Å². The summed E-state index contributed by atoms with van der Waals surface area (Å²) >= 11 is 0. The third-order valence-corrected chi connectivity index (χ3v) is 2.74. The monoisotopic (exact) mass is 289 g/mol. The average Bonchev–Trinajstić information content (AvgIpc) is 2.81. The summed E-state index contributed by atoms with van der Waals surface area (Å²) in [5, 5.41) is 10.9. The van der Waals surface area contributed by atoms with Crippen LogP contribution < -0.4 is 5.32 Å². The van der Waals surface area contributed by atoms with Crippen LogP contribution in [0.15, 0.2) is 6.20 Å². The number of hydrogen-bond donors (Lipinski definition) is 1. The maximum Gasteiger partial charge on any atom is 0.275 e. The zero-order chi connectivity index (χ0) is 13.5. The first-order valence-electron chi connectivity index (χ1n) is 6.34. The molecule has 0 spiro atoms. The summed E-state index contributed by atoms with van der Waals surface area (Å²) in [6.07, 6.45) is 2.76. The molecule has 0 aliphatic carbocycles. The van der Waals surface area contributed by atoms with Crippen LogP contribution in [0.3, 0.4) is 0 Å². The fourth-order valence-corrected chi connectivity index (χ4v) is 1.47. The van der Waals surface area contributed by atoms with Gasteiger partial charge in [0.1, 0.15) is 0 Å². The van der Waals surface area contributed by atoms with Crippen molar-refractivity contribution in [3.05, 3.63) is 11.9 Å². The minimum Gasteiger partial charge on any atom is -0.339 e. The highest BCUT2D eigenvalue weighted by atomic mass is 35.5. The van der Waals surface area contributed by atoms with Gasteiger partial charge in [0, 0.05) is 26.7 Å². The Hall–Kier alpha value is -1.14. The number of likely N-dealkylation sites (N-methyl/N-ethyl adjacent to an activating group) is 2. The van der Waals surface area contributed by atoms with Crippen LogP contribution in [0.5, 0.6) is 0 Å². The Kier molecular flexibility index (Phi) is 8.34. The molecule has 1 aromatic heterocycles. The SMILES string of the molecule is CNCCN(C)C(=O)c1cn(CCC(C)C)nn1.Cl. The molecule has 19 heavy (non-hydrogen) atoms. The third kappa shape index (κ3) is 6.02. The predicted molar refractivity (Wildman–Crippen MR) is 77.6 cm³/mol. The molecule has 1 N–H and O–H groups in total. The molecule has 0 saturated carbocycles. The fraction of sp³-hybridized carbons (Fsp3) is 0.750. The van der Waals surface area contributed by atoms with E-state index in [0.29, 0.717) is 18.2 Å². The maximum atomic E-state index is 12.0. The Morgan fingerprint density at radius 3 is 2.79 bits per heavy atom. The molecular formula is C12H24ClN5O. The summed E-state index contributed by atoms with van der Waals surface area (Å²) in [5.74, 6) is 0.535. The highest BCUT2D eigenvalue weighted by Crippen LogP contribution is 2.03. The van der Waals surface area contributed by atoms with Gasteiger partial charge in [0.05, 0.1) is 6.20 Å². The van der Waals surface area contributed by atoms with E-state index in [1.54, 1.807) is 22.8 Å². The molecule has 0 aromatic carbocycles. The molecule has 0 aliphatic heterocycles. The number of amides is 1. The first kappa shape index (κ1) is 17.9. The van der Waals surface area contributed by atoms with Crippen LogP contribution in [0.2, 0.25) is 0 Å². The number of carbonyl (C=O) groups excluding carboxylic acids is 1. The van der Waals surface area contributed by atoms with Crippen molar-refractivity contribution < 1.29 is 4.79 Å². The smallest absolute Gasteiger partial charge is 0.275 e. The summed E-state index contributed by atoms with van der Waals surface area (Å²) in [4.78, 5) is 13.6. The van der Waals surface area contributed by atoms with Crippen LogP contribution in [-0.4, -0.2) is 53.0 Å². The first-order valence-corrected chi connectivity index (χ1v) is 6.34. The van der Waals surface area contributed by atoms with Crippen molar-refractivity contribution >= 4 is 18.3 Å². The van der Waals surface area contributed by atoms with Gasteiger partial charge in [-0.3, -0.25) is 9.48 Å². The van der Waals surface area contributed by atoms with Crippen LogP contribution in [0.1, 0.15) is 30.8 Å². The van der Waals surface area contributed by atoms with Crippen LogP contribution in [0, 0.1) is 5.92 Å². The van der Waals surface area contributed by atoms with Gasteiger partial charge in [-0.15, -0.1) is 17.5 Å². The first-order chi connectivity index (χ1) is 8.54. The Labute approximate surface area is 121 Å². The second-order valence-electron chi connectivity index (χ2n) is 4.88.